The van der Waals surface area contributed by atoms with Crippen molar-refractivity contribution in [3.8, 4) is 11.5 Å². The lowest BCUT2D eigenvalue weighted by Crippen LogP contribution is -2.15. The number of H-pyrrole nitrogens is 1. The number of rotatable bonds is 3. The van der Waals surface area contributed by atoms with Crippen molar-refractivity contribution in [1.29, 1.82) is 0 Å². The quantitative estimate of drug-likeness (QED) is 0.786. The third-order valence-electron chi connectivity index (χ3n) is 2.06. The summed E-state index contributed by atoms with van der Waals surface area (Å²) in [6.45, 7) is 0.559. The Balaban J connectivity index is 2.45. The van der Waals surface area contributed by atoms with Crippen LogP contribution >= 0.6 is 0 Å². The average molecular weight is 216 g/mol. The summed E-state index contributed by atoms with van der Waals surface area (Å²) in [5.41, 5.74) is 1.20. The zero-order valence-corrected chi connectivity index (χ0v) is 8.90. The van der Waals surface area contributed by atoms with Crippen LogP contribution < -0.4 is 10.9 Å². The van der Waals surface area contributed by atoms with E-state index in [2.05, 4.69) is 20.3 Å². The molecule has 82 valence electrons. The maximum atomic E-state index is 11.4. The van der Waals surface area contributed by atoms with Crippen LogP contribution in [0.3, 0.4) is 0 Å². The van der Waals surface area contributed by atoms with Gasteiger partial charge in [-0.15, -0.1) is 0 Å². The van der Waals surface area contributed by atoms with Crippen LogP contribution in [-0.2, 0) is 6.54 Å². The molecule has 0 unspecified atom stereocenters. The van der Waals surface area contributed by atoms with E-state index in [4.69, 9.17) is 0 Å². The van der Waals surface area contributed by atoms with Gasteiger partial charge in [-0.25, -0.2) is 4.98 Å². The van der Waals surface area contributed by atoms with Gasteiger partial charge in [0.2, 0.25) is 0 Å². The fourth-order valence-electron chi connectivity index (χ4n) is 1.40. The standard InChI is InChI=1S/C11H12N4O/c1-12-7-8-6-10(16)15-11(14-8)9-4-2-3-5-13-9/h2-6,12H,7H2,1H3,(H,14,15,16). The molecule has 2 N–H and O–H groups in total. The van der Waals surface area contributed by atoms with Crippen LogP contribution in [0.15, 0.2) is 35.3 Å². The minimum absolute atomic E-state index is 0.166. The molecule has 0 fully saturated rings. The van der Waals surface area contributed by atoms with Gasteiger partial charge in [0.25, 0.3) is 5.56 Å². The Bertz CT molecular complexity index is 521. The first-order chi connectivity index (χ1) is 7.79. The Morgan fingerprint density at radius 3 is 3.00 bits per heavy atom. The molecule has 0 aliphatic carbocycles. The van der Waals surface area contributed by atoms with Gasteiger partial charge < -0.3 is 10.3 Å². The van der Waals surface area contributed by atoms with Gasteiger partial charge >= 0.3 is 0 Å². The second-order valence-electron chi connectivity index (χ2n) is 3.33. The smallest absolute Gasteiger partial charge is 0.251 e. The molecule has 0 aromatic carbocycles. The largest absolute Gasteiger partial charge is 0.314 e. The number of nitrogens with zero attached hydrogens (tertiary/aromatic N) is 2. The minimum Gasteiger partial charge on any atom is -0.314 e. The van der Waals surface area contributed by atoms with Gasteiger partial charge in [-0.2, -0.15) is 0 Å². The monoisotopic (exact) mass is 216 g/mol. The van der Waals surface area contributed by atoms with Crippen molar-refractivity contribution in [2.75, 3.05) is 7.05 Å². The molecule has 2 aromatic heterocycles. The summed E-state index contributed by atoms with van der Waals surface area (Å²) in [6, 6.07) is 6.95. The van der Waals surface area contributed by atoms with Gasteiger partial charge in [-0.1, -0.05) is 6.07 Å². The van der Waals surface area contributed by atoms with E-state index < -0.39 is 0 Å². The van der Waals surface area contributed by atoms with E-state index in [9.17, 15) is 4.79 Å². The summed E-state index contributed by atoms with van der Waals surface area (Å²) >= 11 is 0. The van der Waals surface area contributed by atoms with Crippen molar-refractivity contribution in [2.45, 2.75) is 6.54 Å². The molecule has 2 aromatic rings. The lowest BCUT2D eigenvalue weighted by atomic mass is 10.3. The lowest BCUT2D eigenvalue weighted by Gasteiger charge is -2.02. The Morgan fingerprint density at radius 2 is 2.31 bits per heavy atom. The molecular weight excluding hydrogens is 204 g/mol. The summed E-state index contributed by atoms with van der Waals surface area (Å²) < 4.78 is 0. The van der Waals surface area contributed by atoms with E-state index in [1.807, 2.05) is 19.2 Å². The first-order valence-electron chi connectivity index (χ1n) is 4.96. The van der Waals surface area contributed by atoms with Crippen LogP contribution in [0.5, 0.6) is 0 Å². The van der Waals surface area contributed by atoms with Crippen molar-refractivity contribution in [2.24, 2.45) is 0 Å². The molecule has 0 bridgehead atoms. The molecule has 2 heterocycles. The molecule has 0 aliphatic heterocycles. The molecule has 0 saturated heterocycles. The molecule has 0 aliphatic rings. The van der Waals surface area contributed by atoms with Gasteiger partial charge in [0.15, 0.2) is 5.82 Å². The minimum atomic E-state index is -0.166. The molecule has 0 amide bonds. The number of hydrogen-bond donors (Lipinski definition) is 2. The highest BCUT2D eigenvalue weighted by molar-refractivity contribution is 5.47. The third kappa shape index (κ3) is 2.32. The molecule has 2 rings (SSSR count). The zero-order valence-electron chi connectivity index (χ0n) is 8.90. The second kappa shape index (κ2) is 4.67. The molecular formula is C11H12N4O. The highest BCUT2D eigenvalue weighted by Crippen LogP contribution is 2.08. The van der Waals surface area contributed by atoms with Gasteiger partial charge in [0.1, 0.15) is 5.69 Å². The van der Waals surface area contributed by atoms with Gasteiger partial charge in [0.05, 0.1) is 5.69 Å². The topological polar surface area (TPSA) is 70.7 Å². The molecule has 0 atom stereocenters. The fraction of sp³-hybridized carbons (Fsp3) is 0.182. The Hall–Kier alpha value is -2.01. The van der Waals surface area contributed by atoms with E-state index >= 15 is 0 Å². The van der Waals surface area contributed by atoms with Crippen molar-refractivity contribution >= 4 is 0 Å². The fourth-order valence-corrected chi connectivity index (χ4v) is 1.40. The van der Waals surface area contributed by atoms with Crippen LogP contribution in [-0.4, -0.2) is 22.0 Å². The van der Waals surface area contributed by atoms with E-state index in [0.717, 1.165) is 0 Å². The highest BCUT2D eigenvalue weighted by atomic mass is 16.1. The Kier molecular flexibility index (Phi) is 3.07. The average Bonchev–Trinajstić information content (AvgIpc) is 2.30. The van der Waals surface area contributed by atoms with Crippen molar-refractivity contribution in [3.63, 3.8) is 0 Å². The van der Waals surface area contributed by atoms with E-state index in [1.54, 1.807) is 12.3 Å². The van der Waals surface area contributed by atoms with Crippen molar-refractivity contribution < 1.29 is 0 Å². The van der Waals surface area contributed by atoms with Crippen LogP contribution in [0.1, 0.15) is 5.69 Å². The van der Waals surface area contributed by atoms with Gasteiger partial charge in [0, 0.05) is 18.8 Å². The zero-order chi connectivity index (χ0) is 11.4. The van der Waals surface area contributed by atoms with Crippen molar-refractivity contribution in [3.05, 3.63) is 46.5 Å². The van der Waals surface area contributed by atoms with Crippen LogP contribution in [0.4, 0.5) is 0 Å². The number of aromatic nitrogens is 3. The SMILES string of the molecule is CNCc1cc(=O)[nH]c(-c2ccccn2)n1. The van der Waals surface area contributed by atoms with E-state index in [-0.39, 0.29) is 5.56 Å². The molecule has 5 heteroatoms. The molecule has 0 spiro atoms. The summed E-state index contributed by atoms with van der Waals surface area (Å²) in [5.74, 6) is 0.498. The number of hydrogen-bond acceptors (Lipinski definition) is 4. The van der Waals surface area contributed by atoms with E-state index in [0.29, 0.717) is 23.8 Å². The summed E-state index contributed by atoms with van der Waals surface area (Å²) in [7, 11) is 1.81. The molecule has 16 heavy (non-hydrogen) atoms. The van der Waals surface area contributed by atoms with Crippen LogP contribution in [0.25, 0.3) is 11.5 Å². The predicted octanol–water partition coefficient (Wildman–Crippen LogP) is 0.551. The van der Waals surface area contributed by atoms with Crippen LogP contribution in [0, 0.1) is 0 Å². The summed E-state index contributed by atoms with van der Waals surface area (Å²) in [4.78, 5) is 22.5. The first-order valence-corrected chi connectivity index (χ1v) is 4.96. The normalized spacial score (nSPS) is 10.3. The molecule has 0 radical (unpaired) electrons. The number of nitrogens with one attached hydrogen (secondary N) is 2. The van der Waals surface area contributed by atoms with Gasteiger partial charge in [-0.3, -0.25) is 9.78 Å². The Morgan fingerprint density at radius 1 is 1.44 bits per heavy atom. The third-order valence-corrected chi connectivity index (χ3v) is 2.06. The molecule has 5 nitrogen and oxygen atoms in total. The molecule has 0 saturated carbocycles. The van der Waals surface area contributed by atoms with Crippen molar-refractivity contribution in [1.82, 2.24) is 20.3 Å². The number of aromatic amines is 1. The maximum Gasteiger partial charge on any atom is 0.251 e. The second-order valence-corrected chi connectivity index (χ2v) is 3.33. The van der Waals surface area contributed by atoms with E-state index in [1.165, 1.54) is 6.07 Å². The Labute approximate surface area is 92.6 Å². The van der Waals surface area contributed by atoms with Gasteiger partial charge in [-0.05, 0) is 19.2 Å². The number of pyridine rings is 1. The lowest BCUT2D eigenvalue weighted by molar-refractivity contribution is 0.784. The summed E-state index contributed by atoms with van der Waals surface area (Å²) in [5, 5.41) is 2.95. The maximum absolute atomic E-state index is 11.4. The predicted molar refractivity (Wildman–Crippen MR) is 60.9 cm³/mol. The van der Waals surface area contributed by atoms with Crippen LogP contribution in [0.2, 0.25) is 0 Å². The highest BCUT2D eigenvalue weighted by Gasteiger charge is 2.03. The summed E-state index contributed by atoms with van der Waals surface area (Å²) in [6.07, 6.45) is 1.67. The first kappa shape index (κ1) is 10.5.